The summed E-state index contributed by atoms with van der Waals surface area (Å²) in [6.07, 6.45) is 3.36. The summed E-state index contributed by atoms with van der Waals surface area (Å²) in [6.45, 7) is 11.0. The van der Waals surface area contributed by atoms with Gasteiger partial charge in [-0.15, -0.1) is 0 Å². The molecule has 0 spiro atoms. The molecule has 6 rings (SSSR count). The smallest absolute Gasteiger partial charge is 0.248 e. The summed E-state index contributed by atoms with van der Waals surface area (Å²) in [5.74, 6) is 0.366. The highest BCUT2D eigenvalue weighted by Gasteiger charge is 2.29. The van der Waals surface area contributed by atoms with Crippen molar-refractivity contribution in [1.29, 1.82) is 0 Å². The summed E-state index contributed by atoms with van der Waals surface area (Å²) in [5.41, 5.74) is 14.4. The molecular formula is C27H31ClN10O2. The highest BCUT2D eigenvalue weighted by atomic mass is 35.5. The minimum atomic E-state index is -0.538. The van der Waals surface area contributed by atoms with Crippen molar-refractivity contribution in [1.82, 2.24) is 39.0 Å². The quantitative estimate of drug-likeness (QED) is 0.321. The van der Waals surface area contributed by atoms with Gasteiger partial charge in [-0.05, 0) is 32.9 Å². The van der Waals surface area contributed by atoms with Crippen molar-refractivity contribution in [3.8, 4) is 17.2 Å². The summed E-state index contributed by atoms with van der Waals surface area (Å²) in [4.78, 5) is 23.2. The average Bonchev–Trinajstić information content (AvgIpc) is 3.62. The van der Waals surface area contributed by atoms with E-state index in [1.807, 2.05) is 47.0 Å². The molecule has 13 heteroatoms. The van der Waals surface area contributed by atoms with Gasteiger partial charge in [0.25, 0.3) is 0 Å². The maximum Gasteiger partial charge on any atom is 0.248 e. The van der Waals surface area contributed by atoms with E-state index in [1.165, 1.54) is 6.33 Å². The summed E-state index contributed by atoms with van der Waals surface area (Å²) in [6, 6.07) is 7.09. The number of anilines is 1. The van der Waals surface area contributed by atoms with Crippen LogP contribution in [0.25, 0.3) is 39.1 Å². The average molecular weight is 563 g/mol. The van der Waals surface area contributed by atoms with E-state index in [2.05, 4.69) is 14.9 Å². The van der Waals surface area contributed by atoms with E-state index < -0.39 is 11.4 Å². The molecule has 1 amide bonds. The van der Waals surface area contributed by atoms with Crippen LogP contribution in [0.1, 0.15) is 31.1 Å². The number of nitrogen functional groups attached to an aromatic ring is 1. The van der Waals surface area contributed by atoms with E-state index in [1.54, 1.807) is 18.2 Å². The molecule has 208 valence electrons. The molecule has 12 nitrogen and oxygen atoms in total. The molecule has 1 aliphatic rings. The number of benzene rings is 1. The van der Waals surface area contributed by atoms with Gasteiger partial charge in [0.1, 0.15) is 17.8 Å². The Morgan fingerprint density at radius 3 is 2.60 bits per heavy atom. The Labute approximate surface area is 235 Å². The highest BCUT2D eigenvalue weighted by Crippen LogP contribution is 2.43. The number of aromatic nitrogens is 7. The van der Waals surface area contributed by atoms with Crippen LogP contribution in [-0.4, -0.2) is 77.8 Å². The molecule has 1 saturated heterocycles. The first-order chi connectivity index (χ1) is 19.1. The van der Waals surface area contributed by atoms with E-state index >= 15 is 0 Å². The van der Waals surface area contributed by atoms with Crippen molar-refractivity contribution in [3.05, 3.63) is 47.4 Å². The first-order valence-electron chi connectivity index (χ1n) is 13.1. The number of halogens is 1. The lowest BCUT2D eigenvalue weighted by molar-refractivity contribution is 0.0359. The predicted molar refractivity (Wildman–Crippen MR) is 154 cm³/mol. The zero-order chi connectivity index (χ0) is 28.2. The van der Waals surface area contributed by atoms with Gasteiger partial charge in [0, 0.05) is 42.8 Å². The van der Waals surface area contributed by atoms with Crippen molar-refractivity contribution in [2.24, 2.45) is 5.73 Å². The molecule has 40 heavy (non-hydrogen) atoms. The Bertz CT molecular complexity index is 1740. The van der Waals surface area contributed by atoms with Crippen LogP contribution in [-0.2, 0) is 16.8 Å². The molecule has 1 fully saturated rings. The van der Waals surface area contributed by atoms with Crippen LogP contribution in [0.4, 0.5) is 5.82 Å². The number of amides is 1. The van der Waals surface area contributed by atoms with Crippen molar-refractivity contribution >= 4 is 45.3 Å². The van der Waals surface area contributed by atoms with Crippen molar-refractivity contribution in [2.75, 3.05) is 38.6 Å². The third-order valence-electron chi connectivity index (χ3n) is 7.15. The van der Waals surface area contributed by atoms with Crippen LogP contribution in [0, 0.1) is 0 Å². The van der Waals surface area contributed by atoms with Crippen LogP contribution < -0.4 is 11.5 Å². The standard InChI is InChI=1S/C27H31ClN10O2/c1-27(2,3)38-26-20(24(29)31-15-32-26)22(34-38)23-21(28)17-5-4-16(25(30)39)14-18(17)37(23)19-6-7-36(33-19)9-8-35-10-12-40-13-11-35/h4-7,14-15H,8-13H2,1-3H3,(H2,30,39)(H2,29,31,32). The SMILES string of the molecule is CC(C)(C)n1nc(-c2c(Cl)c3ccc(C(N)=O)cc3n2-c2ccn(CCN3CCOCC3)n2)c2c(N)ncnc21. The van der Waals surface area contributed by atoms with E-state index in [-0.39, 0.29) is 5.82 Å². The van der Waals surface area contributed by atoms with Gasteiger partial charge in [0.05, 0.1) is 46.9 Å². The largest absolute Gasteiger partial charge is 0.383 e. The summed E-state index contributed by atoms with van der Waals surface area (Å²) in [5, 5.41) is 11.6. The number of nitrogens with zero attached hydrogens (tertiary/aromatic N) is 8. The Kier molecular flexibility index (Phi) is 6.48. The van der Waals surface area contributed by atoms with Gasteiger partial charge in [0.15, 0.2) is 11.5 Å². The molecule has 0 saturated carbocycles. The molecular weight excluding hydrogens is 532 g/mol. The minimum absolute atomic E-state index is 0.289. The molecule has 0 unspecified atom stereocenters. The van der Waals surface area contributed by atoms with Gasteiger partial charge in [-0.1, -0.05) is 17.7 Å². The lowest BCUT2D eigenvalue weighted by Crippen LogP contribution is -2.38. The number of ether oxygens (including phenoxy) is 1. The minimum Gasteiger partial charge on any atom is -0.383 e. The fourth-order valence-corrected chi connectivity index (χ4v) is 5.45. The number of carbonyl (C=O) groups is 1. The molecule has 0 bridgehead atoms. The molecule has 1 aromatic carbocycles. The first-order valence-corrected chi connectivity index (χ1v) is 13.5. The van der Waals surface area contributed by atoms with E-state index in [4.69, 9.17) is 38.0 Å². The summed E-state index contributed by atoms with van der Waals surface area (Å²) in [7, 11) is 0. The van der Waals surface area contributed by atoms with Crippen LogP contribution in [0.2, 0.25) is 5.02 Å². The van der Waals surface area contributed by atoms with Gasteiger partial charge in [0.2, 0.25) is 5.91 Å². The number of nitrogens with two attached hydrogens (primary N) is 2. The summed E-state index contributed by atoms with van der Waals surface area (Å²) < 4.78 is 11.1. The molecule has 0 aliphatic carbocycles. The van der Waals surface area contributed by atoms with E-state index in [0.29, 0.717) is 50.9 Å². The van der Waals surface area contributed by atoms with Gasteiger partial charge >= 0.3 is 0 Å². The Morgan fingerprint density at radius 2 is 1.88 bits per heavy atom. The molecule has 4 N–H and O–H groups in total. The van der Waals surface area contributed by atoms with Crippen molar-refractivity contribution in [3.63, 3.8) is 0 Å². The number of rotatable bonds is 6. The summed E-state index contributed by atoms with van der Waals surface area (Å²) >= 11 is 7.10. The van der Waals surface area contributed by atoms with Gasteiger partial charge in [-0.3, -0.25) is 18.9 Å². The normalized spacial score (nSPS) is 14.9. The molecule has 5 aromatic rings. The van der Waals surface area contributed by atoms with Gasteiger partial charge in [-0.2, -0.15) is 10.2 Å². The van der Waals surface area contributed by atoms with Crippen molar-refractivity contribution < 1.29 is 9.53 Å². The fourth-order valence-electron chi connectivity index (χ4n) is 5.12. The third kappa shape index (κ3) is 4.47. The molecule has 0 radical (unpaired) electrons. The van der Waals surface area contributed by atoms with E-state index in [9.17, 15) is 4.79 Å². The second-order valence-corrected chi connectivity index (χ2v) is 11.3. The fraction of sp³-hybridized carbons (Fsp3) is 0.370. The maximum absolute atomic E-state index is 12.1. The van der Waals surface area contributed by atoms with Crippen LogP contribution in [0.3, 0.4) is 0 Å². The van der Waals surface area contributed by atoms with Gasteiger partial charge in [-0.25, -0.2) is 14.6 Å². The Balaban J connectivity index is 1.56. The lowest BCUT2D eigenvalue weighted by atomic mass is 10.1. The zero-order valence-electron chi connectivity index (χ0n) is 22.6. The van der Waals surface area contributed by atoms with E-state index in [0.717, 1.165) is 38.2 Å². The number of morpholine rings is 1. The highest BCUT2D eigenvalue weighted by molar-refractivity contribution is 6.39. The zero-order valence-corrected chi connectivity index (χ0v) is 23.4. The monoisotopic (exact) mass is 562 g/mol. The third-order valence-corrected chi connectivity index (χ3v) is 7.53. The second-order valence-electron chi connectivity index (χ2n) is 10.9. The molecule has 0 atom stereocenters. The predicted octanol–water partition coefficient (Wildman–Crippen LogP) is 3.06. The number of fused-ring (bicyclic) bond motifs is 2. The topological polar surface area (TPSA) is 148 Å². The first kappa shape index (κ1) is 26.2. The number of carbonyl (C=O) groups excluding carboxylic acids is 1. The number of hydrogen-bond acceptors (Lipinski definition) is 8. The van der Waals surface area contributed by atoms with Gasteiger partial charge < -0.3 is 16.2 Å². The number of primary amides is 1. The second kappa shape index (κ2) is 9.88. The van der Waals surface area contributed by atoms with Crippen LogP contribution in [0.5, 0.6) is 0 Å². The lowest BCUT2D eigenvalue weighted by Gasteiger charge is -2.26. The van der Waals surface area contributed by atoms with Crippen LogP contribution >= 0.6 is 11.6 Å². The Morgan fingerprint density at radius 1 is 1.10 bits per heavy atom. The number of hydrogen-bond donors (Lipinski definition) is 2. The van der Waals surface area contributed by atoms with Crippen LogP contribution in [0.15, 0.2) is 36.8 Å². The maximum atomic E-state index is 12.1. The van der Waals surface area contributed by atoms with Crippen molar-refractivity contribution in [2.45, 2.75) is 32.9 Å². The molecule has 5 heterocycles. The Hall–Kier alpha value is -4.00. The molecule has 1 aliphatic heterocycles. The molecule has 4 aromatic heterocycles.